The maximum Gasteiger partial charge on any atom is 0.411 e. The van der Waals surface area contributed by atoms with Gasteiger partial charge >= 0.3 is 12.1 Å². The van der Waals surface area contributed by atoms with Gasteiger partial charge in [0.25, 0.3) is 0 Å². The van der Waals surface area contributed by atoms with Crippen molar-refractivity contribution in [1.82, 2.24) is 0 Å². The van der Waals surface area contributed by atoms with Gasteiger partial charge in [0, 0.05) is 12.3 Å². The summed E-state index contributed by atoms with van der Waals surface area (Å²) in [6.45, 7) is 5.08. The molecule has 0 aliphatic heterocycles. The van der Waals surface area contributed by atoms with Crippen LogP contribution in [-0.2, 0) is 14.2 Å². The lowest BCUT2D eigenvalue weighted by Gasteiger charge is -2.07. The third-order valence-electron chi connectivity index (χ3n) is 2.31. The summed E-state index contributed by atoms with van der Waals surface area (Å²) in [4.78, 5) is 22.8. The number of amides is 1. The van der Waals surface area contributed by atoms with Gasteiger partial charge in [-0.1, -0.05) is 14.9 Å². The van der Waals surface area contributed by atoms with E-state index in [2.05, 4.69) is 5.32 Å². The van der Waals surface area contributed by atoms with Crippen molar-refractivity contribution >= 4 is 17.7 Å². The number of carbonyl (C=O) groups is 2. The topological polar surface area (TPSA) is 73.9 Å². The first-order chi connectivity index (χ1) is 9.67. The number of hydrogen-bond donors (Lipinski definition) is 1. The molecule has 0 heterocycles. The zero-order valence-electron chi connectivity index (χ0n) is 11.7. The predicted octanol–water partition coefficient (Wildman–Crippen LogP) is 3.72. The Balaban J connectivity index is 0. The van der Waals surface area contributed by atoms with E-state index in [9.17, 15) is 9.59 Å². The number of anilines is 1. The molecule has 0 unspecified atom stereocenters. The van der Waals surface area contributed by atoms with Crippen molar-refractivity contribution in [2.75, 3.05) is 31.7 Å². The first kappa shape index (κ1) is 22.2. The number of nitrogens with one attached hydrogen (secondary N) is 1. The lowest BCUT2D eigenvalue weighted by atomic mass is 10.2. The third kappa shape index (κ3) is 8.26. The first-order valence-electron chi connectivity index (χ1n) is 6.46. The summed E-state index contributed by atoms with van der Waals surface area (Å²) in [5, 5.41) is 2.54. The van der Waals surface area contributed by atoms with Crippen molar-refractivity contribution in [3.8, 4) is 0 Å². The molecule has 1 N–H and O–H groups in total. The van der Waals surface area contributed by atoms with Crippen molar-refractivity contribution in [2.24, 2.45) is 0 Å². The number of benzene rings is 1. The van der Waals surface area contributed by atoms with Crippen molar-refractivity contribution in [3.05, 3.63) is 29.8 Å². The predicted molar refractivity (Wildman–Crippen MR) is 87.3 cm³/mol. The number of rotatable bonds is 7. The van der Waals surface area contributed by atoms with E-state index < -0.39 is 12.1 Å². The van der Waals surface area contributed by atoms with Gasteiger partial charge in [-0.05, 0) is 38.1 Å². The van der Waals surface area contributed by atoms with Gasteiger partial charge in [0.1, 0.15) is 6.61 Å². The fraction of sp³-hybridized carbons (Fsp3) is 0.500. The Kier molecular flexibility index (Phi) is 12.8. The molecule has 0 bridgehead atoms. The fourth-order valence-electron chi connectivity index (χ4n) is 1.40. The summed E-state index contributed by atoms with van der Waals surface area (Å²) in [5.74, 6) is -0.424. The minimum Gasteiger partial charge on any atom is -0.460 e. The third-order valence-corrected chi connectivity index (χ3v) is 2.31. The molecule has 0 saturated heterocycles. The van der Waals surface area contributed by atoms with Crippen molar-refractivity contribution in [1.29, 1.82) is 0 Å². The number of carbonyl (C=O) groups excluding carboxylic acids is 2. The number of esters is 1. The molecule has 0 saturated carbocycles. The van der Waals surface area contributed by atoms with Gasteiger partial charge in [0.15, 0.2) is 0 Å². The van der Waals surface area contributed by atoms with Gasteiger partial charge in [-0.25, -0.2) is 9.59 Å². The normalized spacial score (nSPS) is 9.00. The molecule has 6 heteroatoms. The van der Waals surface area contributed by atoms with E-state index in [1.165, 1.54) is 0 Å². The molecule has 1 amide bonds. The van der Waals surface area contributed by atoms with Crippen LogP contribution in [-0.4, -0.2) is 38.5 Å². The Labute approximate surface area is 132 Å². The molecule has 0 atom stereocenters. The van der Waals surface area contributed by atoms with E-state index in [4.69, 9.17) is 14.2 Å². The van der Waals surface area contributed by atoms with Crippen molar-refractivity contribution in [3.63, 3.8) is 0 Å². The second-order valence-corrected chi connectivity index (χ2v) is 3.76. The number of hydrogen-bond acceptors (Lipinski definition) is 5. The molecule has 22 heavy (non-hydrogen) atoms. The fourth-order valence-corrected chi connectivity index (χ4v) is 1.40. The maximum atomic E-state index is 11.7. The molecular formula is C16H27NO5. The van der Waals surface area contributed by atoms with Crippen LogP contribution in [0.4, 0.5) is 10.5 Å². The summed E-state index contributed by atoms with van der Waals surface area (Å²) in [6, 6.07) is 6.36. The quantitative estimate of drug-likeness (QED) is 0.613. The van der Waals surface area contributed by atoms with Crippen LogP contribution >= 0.6 is 0 Å². The Bertz CT molecular complexity index is 431. The highest BCUT2D eigenvalue weighted by atomic mass is 16.6. The van der Waals surface area contributed by atoms with E-state index in [0.717, 1.165) is 0 Å². The molecule has 0 aliphatic rings. The van der Waals surface area contributed by atoms with Crippen LogP contribution in [0.15, 0.2) is 24.3 Å². The van der Waals surface area contributed by atoms with Crippen LogP contribution < -0.4 is 5.32 Å². The second kappa shape index (κ2) is 12.6. The highest BCUT2D eigenvalue weighted by Crippen LogP contribution is 2.11. The smallest absolute Gasteiger partial charge is 0.411 e. The molecule has 0 spiro atoms. The lowest BCUT2D eigenvalue weighted by Crippen LogP contribution is -2.14. The molecule has 0 aromatic heterocycles. The van der Waals surface area contributed by atoms with Gasteiger partial charge in [-0.3, -0.25) is 5.32 Å². The van der Waals surface area contributed by atoms with Crippen LogP contribution in [0.2, 0.25) is 0 Å². The SMILES string of the molecule is C.C.CCOCCOC(=O)c1ccc(NC(=O)OCC)cc1. The van der Waals surface area contributed by atoms with Crippen LogP contribution in [0.25, 0.3) is 0 Å². The highest BCUT2D eigenvalue weighted by molar-refractivity contribution is 5.91. The highest BCUT2D eigenvalue weighted by Gasteiger charge is 2.07. The van der Waals surface area contributed by atoms with E-state index in [1.807, 2.05) is 6.92 Å². The molecule has 1 aromatic rings. The van der Waals surface area contributed by atoms with E-state index in [1.54, 1.807) is 31.2 Å². The van der Waals surface area contributed by atoms with Crippen LogP contribution in [0.5, 0.6) is 0 Å². The van der Waals surface area contributed by atoms with Crippen LogP contribution in [0, 0.1) is 0 Å². The zero-order chi connectivity index (χ0) is 14.8. The van der Waals surface area contributed by atoms with E-state index in [0.29, 0.717) is 31.1 Å². The zero-order valence-corrected chi connectivity index (χ0v) is 11.7. The molecule has 126 valence electrons. The van der Waals surface area contributed by atoms with Gasteiger partial charge < -0.3 is 14.2 Å². The first-order valence-corrected chi connectivity index (χ1v) is 6.46. The molecule has 0 aliphatic carbocycles. The lowest BCUT2D eigenvalue weighted by molar-refractivity contribution is 0.0335. The average Bonchev–Trinajstić information content (AvgIpc) is 2.44. The summed E-state index contributed by atoms with van der Waals surface area (Å²) in [6.07, 6.45) is -0.528. The van der Waals surface area contributed by atoms with Crippen molar-refractivity contribution < 1.29 is 23.8 Å². The molecule has 0 fully saturated rings. The monoisotopic (exact) mass is 313 g/mol. The summed E-state index contributed by atoms with van der Waals surface area (Å²) in [5.41, 5.74) is 0.963. The molecule has 0 radical (unpaired) electrons. The average molecular weight is 313 g/mol. The van der Waals surface area contributed by atoms with Crippen LogP contribution in [0.3, 0.4) is 0 Å². The van der Waals surface area contributed by atoms with Gasteiger partial charge in [-0.15, -0.1) is 0 Å². The summed E-state index contributed by atoms with van der Waals surface area (Å²) >= 11 is 0. The Morgan fingerprint density at radius 3 is 2.14 bits per heavy atom. The van der Waals surface area contributed by atoms with Gasteiger partial charge in [-0.2, -0.15) is 0 Å². The largest absolute Gasteiger partial charge is 0.460 e. The molecule has 1 aromatic carbocycles. The van der Waals surface area contributed by atoms with E-state index >= 15 is 0 Å². The minimum atomic E-state index is -0.528. The summed E-state index contributed by atoms with van der Waals surface area (Å²) < 4.78 is 14.8. The number of ether oxygens (including phenoxy) is 3. The molecule has 6 nitrogen and oxygen atoms in total. The van der Waals surface area contributed by atoms with Crippen molar-refractivity contribution in [2.45, 2.75) is 28.7 Å². The van der Waals surface area contributed by atoms with Gasteiger partial charge in [0.05, 0.1) is 18.8 Å². The standard InChI is InChI=1S/C14H19NO5.2CH4/c1-3-18-9-10-20-13(16)11-5-7-12(8-6-11)15-14(17)19-4-2;;/h5-8H,3-4,9-10H2,1-2H3,(H,15,17);2*1H4. The molecular weight excluding hydrogens is 286 g/mol. The second-order valence-electron chi connectivity index (χ2n) is 3.76. The molecule has 1 rings (SSSR count). The summed E-state index contributed by atoms with van der Waals surface area (Å²) in [7, 11) is 0. The Morgan fingerprint density at radius 1 is 0.955 bits per heavy atom. The Hall–Kier alpha value is -2.08. The minimum absolute atomic E-state index is 0. The Morgan fingerprint density at radius 2 is 1.59 bits per heavy atom. The maximum absolute atomic E-state index is 11.7. The van der Waals surface area contributed by atoms with Crippen LogP contribution in [0.1, 0.15) is 39.1 Å². The van der Waals surface area contributed by atoms with E-state index in [-0.39, 0.29) is 21.5 Å². The van der Waals surface area contributed by atoms with Gasteiger partial charge in [0.2, 0.25) is 0 Å².